The zero-order valence-corrected chi connectivity index (χ0v) is 8.74. The first kappa shape index (κ1) is 9.74. The Hall–Kier alpha value is -0.800. The van der Waals surface area contributed by atoms with Gasteiger partial charge in [-0.1, -0.05) is 11.6 Å². The second-order valence-corrected chi connectivity index (χ2v) is 4.08. The van der Waals surface area contributed by atoms with Gasteiger partial charge in [0.25, 0.3) is 0 Å². The Labute approximate surface area is 88.9 Å². The predicted octanol–water partition coefficient (Wildman–Crippen LogP) is 1.66. The van der Waals surface area contributed by atoms with Crippen molar-refractivity contribution in [2.75, 3.05) is 18.0 Å². The molecule has 0 bridgehead atoms. The molecule has 0 saturated carbocycles. The lowest BCUT2D eigenvalue weighted by atomic mass is 10.1. The Morgan fingerprint density at radius 3 is 3.14 bits per heavy atom. The summed E-state index contributed by atoms with van der Waals surface area (Å²) in [6, 6.07) is 2.22. The van der Waals surface area contributed by atoms with Crippen molar-refractivity contribution in [1.82, 2.24) is 4.98 Å². The number of halogens is 1. The van der Waals surface area contributed by atoms with Crippen LogP contribution in [0.1, 0.15) is 12.8 Å². The molecule has 2 rings (SSSR count). The summed E-state index contributed by atoms with van der Waals surface area (Å²) in [5.41, 5.74) is 6.96. The molecule has 3 nitrogen and oxygen atoms in total. The lowest BCUT2D eigenvalue weighted by molar-refractivity contribution is 0.506. The van der Waals surface area contributed by atoms with Crippen molar-refractivity contribution >= 4 is 17.3 Å². The number of hydrogen-bond acceptors (Lipinski definition) is 3. The monoisotopic (exact) mass is 211 g/mol. The first-order chi connectivity index (χ1) is 6.77. The molecular weight excluding hydrogens is 198 g/mol. The summed E-state index contributed by atoms with van der Waals surface area (Å²) in [7, 11) is 0. The summed E-state index contributed by atoms with van der Waals surface area (Å²) < 4.78 is 0. The molecule has 14 heavy (non-hydrogen) atoms. The van der Waals surface area contributed by atoms with Crippen LogP contribution >= 0.6 is 11.6 Å². The van der Waals surface area contributed by atoms with Crippen molar-refractivity contribution in [1.29, 1.82) is 0 Å². The van der Waals surface area contributed by atoms with Gasteiger partial charge in [-0.05, 0) is 18.9 Å². The maximum atomic E-state index is 6.06. The lowest BCUT2D eigenvalue weighted by Gasteiger charge is -2.32. The van der Waals surface area contributed by atoms with Crippen LogP contribution in [0.4, 0.5) is 5.69 Å². The van der Waals surface area contributed by atoms with E-state index in [1.807, 2.05) is 6.07 Å². The molecule has 1 saturated heterocycles. The van der Waals surface area contributed by atoms with E-state index in [0.717, 1.165) is 31.6 Å². The van der Waals surface area contributed by atoms with E-state index in [-0.39, 0.29) is 6.04 Å². The zero-order chi connectivity index (χ0) is 9.97. The minimum absolute atomic E-state index is 0.271. The minimum atomic E-state index is 0.271. The van der Waals surface area contributed by atoms with Gasteiger partial charge in [-0.15, -0.1) is 0 Å². The molecule has 0 aliphatic carbocycles. The standard InChI is InChI=1S/C10H14ClN3/c11-9-6-13-4-3-10(9)14-5-1-2-8(12)7-14/h3-4,6,8H,1-2,5,7,12H2/t8-/m1/s1. The van der Waals surface area contributed by atoms with Gasteiger partial charge in [0.2, 0.25) is 0 Å². The topological polar surface area (TPSA) is 42.1 Å². The van der Waals surface area contributed by atoms with E-state index in [1.54, 1.807) is 12.4 Å². The van der Waals surface area contributed by atoms with Gasteiger partial charge in [0.1, 0.15) is 0 Å². The Morgan fingerprint density at radius 2 is 2.43 bits per heavy atom. The minimum Gasteiger partial charge on any atom is -0.369 e. The quantitative estimate of drug-likeness (QED) is 0.769. The van der Waals surface area contributed by atoms with Crippen LogP contribution in [0.15, 0.2) is 18.5 Å². The molecular formula is C10H14ClN3. The number of rotatable bonds is 1. The fourth-order valence-electron chi connectivity index (χ4n) is 1.85. The lowest BCUT2D eigenvalue weighted by Crippen LogP contribution is -2.42. The van der Waals surface area contributed by atoms with Crippen LogP contribution in [0.25, 0.3) is 0 Å². The zero-order valence-electron chi connectivity index (χ0n) is 7.99. The van der Waals surface area contributed by atoms with Gasteiger partial charge < -0.3 is 10.6 Å². The molecule has 0 amide bonds. The molecule has 1 aromatic rings. The molecule has 1 aliphatic rings. The van der Waals surface area contributed by atoms with Crippen molar-refractivity contribution in [3.8, 4) is 0 Å². The van der Waals surface area contributed by atoms with Crippen molar-refractivity contribution in [3.05, 3.63) is 23.5 Å². The second kappa shape index (κ2) is 4.15. The maximum absolute atomic E-state index is 6.06. The van der Waals surface area contributed by atoms with Crippen molar-refractivity contribution in [2.45, 2.75) is 18.9 Å². The summed E-state index contributed by atoms with van der Waals surface area (Å²) in [5, 5.41) is 0.710. The molecule has 0 spiro atoms. The normalized spacial score (nSPS) is 22.4. The fourth-order valence-corrected chi connectivity index (χ4v) is 2.09. The summed E-state index contributed by atoms with van der Waals surface area (Å²) in [6.07, 6.45) is 5.69. The van der Waals surface area contributed by atoms with E-state index in [2.05, 4.69) is 9.88 Å². The summed E-state index contributed by atoms with van der Waals surface area (Å²) >= 11 is 6.06. The van der Waals surface area contributed by atoms with Crippen molar-refractivity contribution in [2.24, 2.45) is 5.73 Å². The van der Waals surface area contributed by atoms with Gasteiger partial charge in [-0.3, -0.25) is 4.98 Å². The van der Waals surface area contributed by atoms with Crippen LogP contribution in [-0.2, 0) is 0 Å². The molecule has 1 fully saturated rings. The molecule has 1 atom stereocenters. The van der Waals surface area contributed by atoms with Crippen LogP contribution < -0.4 is 10.6 Å². The van der Waals surface area contributed by atoms with Gasteiger partial charge in [-0.25, -0.2) is 0 Å². The molecule has 76 valence electrons. The van der Waals surface area contributed by atoms with Gasteiger partial charge in [-0.2, -0.15) is 0 Å². The molecule has 0 aromatic carbocycles. The Bertz CT molecular complexity index is 316. The summed E-state index contributed by atoms with van der Waals surface area (Å²) in [6.45, 7) is 1.93. The van der Waals surface area contributed by atoms with Crippen molar-refractivity contribution in [3.63, 3.8) is 0 Å². The van der Waals surface area contributed by atoms with E-state index in [1.165, 1.54) is 0 Å². The smallest absolute Gasteiger partial charge is 0.0822 e. The average molecular weight is 212 g/mol. The van der Waals surface area contributed by atoms with E-state index in [4.69, 9.17) is 17.3 Å². The van der Waals surface area contributed by atoms with Crippen LogP contribution in [0.3, 0.4) is 0 Å². The van der Waals surface area contributed by atoms with E-state index in [0.29, 0.717) is 5.02 Å². The molecule has 2 N–H and O–H groups in total. The highest BCUT2D eigenvalue weighted by Crippen LogP contribution is 2.26. The van der Waals surface area contributed by atoms with Gasteiger partial charge in [0, 0.05) is 31.5 Å². The van der Waals surface area contributed by atoms with Gasteiger partial charge >= 0.3 is 0 Å². The number of piperidine rings is 1. The third kappa shape index (κ3) is 1.99. The van der Waals surface area contributed by atoms with Crippen LogP contribution in [0.5, 0.6) is 0 Å². The highest BCUT2D eigenvalue weighted by atomic mass is 35.5. The Balaban J connectivity index is 2.18. The van der Waals surface area contributed by atoms with Crippen LogP contribution in [-0.4, -0.2) is 24.1 Å². The molecule has 4 heteroatoms. The van der Waals surface area contributed by atoms with Crippen LogP contribution in [0.2, 0.25) is 5.02 Å². The van der Waals surface area contributed by atoms with Gasteiger partial charge in [0.15, 0.2) is 0 Å². The number of pyridine rings is 1. The third-order valence-electron chi connectivity index (χ3n) is 2.55. The summed E-state index contributed by atoms with van der Waals surface area (Å²) in [4.78, 5) is 6.20. The highest BCUT2D eigenvalue weighted by molar-refractivity contribution is 6.33. The molecule has 2 heterocycles. The molecule has 1 aromatic heterocycles. The number of hydrogen-bond donors (Lipinski definition) is 1. The van der Waals surface area contributed by atoms with Gasteiger partial charge in [0.05, 0.1) is 10.7 Å². The first-order valence-corrected chi connectivity index (χ1v) is 5.25. The van der Waals surface area contributed by atoms with Crippen molar-refractivity contribution < 1.29 is 0 Å². The Morgan fingerprint density at radius 1 is 1.57 bits per heavy atom. The molecule has 0 radical (unpaired) electrons. The molecule has 0 unspecified atom stereocenters. The highest BCUT2D eigenvalue weighted by Gasteiger charge is 2.18. The number of nitrogens with two attached hydrogens (primary N) is 1. The third-order valence-corrected chi connectivity index (χ3v) is 2.84. The van der Waals surface area contributed by atoms with Crippen LogP contribution in [0, 0.1) is 0 Å². The second-order valence-electron chi connectivity index (χ2n) is 3.68. The Kier molecular flexibility index (Phi) is 2.89. The number of nitrogens with zero attached hydrogens (tertiary/aromatic N) is 2. The maximum Gasteiger partial charge on any atom is 0.0822 e. The average Bonchev–Trinajstić information content (AvgIpc) is 2.18. The molecule has 1 aliphatic heterocycles. The largest absolute Gasteiger partial charge is 0.369 e. The predicted molar refractivity (Wildman–Crippen MR) is 58.7 cm³/mol. The first-order valence-electron chi connectivity index (χ1n) is 4.87. The fraction of sp³-hybridized carbons (Fsp3) is 0.500. The number of anilines is 1. The van der Waals surface area contributed by atoms with E-state index < -0.39 is 0 Å². The summed E-state index contributed by atoms with van der Waals surface area (Å²) in [5.74, 6) is 0. The van der Waals surface area contributed by atoms with E-state index in [9.17, 15) is 0 Å². The van der Waals surface area contributed by atoms with E-state index >= 15 is 0 Å². The number of aromatic nitrogens is 1. The SMILES string of the molecule is N[C@@H]1CCCN(c2ccncc2Cl)C1.